The fourth-order valence-electron chi connectivity index (χ4n) is 4.41. The third-order valence-electron chi connectivity index (χ3n) is 6.24. The molecule has 0 unspecified atom stereocenters. The van der Waals surface area contributed by atoms with E-state index < -0.39 is 0 Å². The lowest BCUT2D eigenvalue weighted by Gasteiger charge is -2.38. The maximum atomic E-state index is 6.50. The smallest absolute Gasteiger partial charge is 0.213 e. The van der Waals surface area contributed by atoms with Gasteiger partial charge in [-0.2, -0.15) is 5.10 Å². The van der Waals surface area contributed by atoms with E-state index >= 15 is 0 Å². The van der Waals surface area contributed by atoms with Crippen molar-refractivity contribution in [3.63, 3.8) is 0 Å². The van der Waals surface area contributed by atoms with E-state index in [0.29, 0.717) is 6.61 Å². The van der Waals surface area contributed by atoms with Gasteiger partial charge in [0.1, 0.15) is 23.9 Å². The SMILES string of the molecule is C=CCOc1ccc(C2=NN3[C@@H](C2)c2cc(Br)ccc2O[C@H]3c2ccc(OCCCC)cc2)cc1. The minimum Gasteiger partial charge on any atom is -0.494 e. The van der Waals surface area contributed by atoms with Gasteiger partial charge in [0.15, 0.2) is 0 Å². The van der Waals surface area contributed by atoms with Crippen LogP contribution in [0.2, 0.25) is 0 Å². The number of unbranched alkanes of at least 4 members (excludes halogenated alkanes) is 1. The van der Waals surface area contributed by atoms with Crippen molar-refractivity contribution in [3.05, 3.63) is 101 Å². The van der Waals surface area contributed by atoms with Crippen LogP contribution in [0.25, 0.3) is 0 Å². The molecule has 180 valence electrons. The van der Waals surface area contributed by atoms with Gasteiger partial charge < -0.3 is 14.2 Å². The van der Waals surface area contributed by atoms with E-state index in [1.165, 1.54) is 0 Å². The Morgan fingerprint density at radius 1 is 1.06 bits per heavy atom. The van der Waals surface area contributed by atoms with Crippen molar-refractivity contribution in [1.82, 2.24) is 5.01 Å². The summed E-state index contributed by atoms with van der Waals surface area (Å²) in [5, 5.41) is 7.16. The highest BCUT2D eigenvalue weighted by molar-refractivity contribution is 9.10. The van der Waals surface area contributed by atoms with Crippen molar-refractivity contribution in [3.8, 4) is 17.2 Å². The molecular formula is C29H29BrN2O3. The molecule has 0 amide bonds. The number of hydrogen-bond donors (Lipinski definition) is 0. The van der Waals surface area contributed by atoms with Gasteiger partial charge in [0, 0.05) is 22.0 Å². The predicted octanol–water partition coefficient (Wildman–Crippen LogP) is 7.44. The van der Waals surface area contributed by atoms with Crippen LogP contribution in [0.3, 0.4) is 0 Å². The van der Waals surface area contributed by atoms with Gasteiger partial charge in [-0.1, -0.05) is 41.9 Å². The Bertz CT molecular complexity index is 1210. The van der Waals surface area contributed by atoms with Crippen LogP contribution in [0.1, 0.15) is 55.1 Å². The Hall–Kier alpha value is -3.25. The lowest BCUT2D eigenvalue weighted by Crippen LogP contribution is -2.33. The third-order valence-corrected chi connectivity index (χ3v) is 6.73. The molecular weight excluding hydrogens is 504 g/mol. The summed E-state index contributed by atoms with van der Waals surface area (Å²) in [7, 11) is 0. The second-order valence-electron chi connectivity index (χ2n) is 8.69. The molecule has 0 radical (unpaired) electrons. The van der Waals surface area contributed by atoms with E-state index in [0.717, 1.165) is 70.0 Å². The van der Waals surface area contributed by atoms with Gasteiger partial charge in [0.25, 0.3) is 0 Å². The monoisotopic (exact) mass is 532 g/mol. The van der Waals surface area contributed by atoms with Crippen LogP contribution in [0.15, 0.2) is 89.0 Å². The van der Waals surface area contributed by atoms with Gasteiger partial charge in [-0.25, -0.2) is 5.01 Å². The highest BCUT2D eigenvalue weighted by Crippen LogP contribution is 2.48. The molecule has 35 heavy (non-hydrogen) atoms. The first kappa shape index (κ1) is 23.5. The summed E-state index contributed by atoms with van der Waals surface area (Å²) in [6.45, 7) is 7.09. The molecule has 0 fully saturated rings. The number of fused-ring (bicyclic) bond motifs is 3. The molecule has 0 aliphatic carbocycles. The number of rotatable bonds is 9. The van der Waals surface area contributed by atoms with E-state index in [4.69, 9.17) is 19.3 Å². The average Bonchev–Trinajstić information content (AvgIpc) is 3.34. The number of halogens is 1. The summed E-state index contributed by atoms with van der Waals surface area (Å²) in [5.41, 5.74) is 4.30. The predicted molar refractivity (Wildman–Crippen MR) is 142 cm³/mol. The van der Waals surface area contributed by atoms with Crippen LogP contribution in [-0.2, 0) is 0 Å². The fourth-order valence-corrected chi connectivity index (χ4v) is 4.79. The molecule has 2 heterocycles. The van der Waals surface area contributed by atoms with Crippen LogP contribution < -0.4 is 14.2 Å². The molecule has 3 aromatic carbocycles. The summed E-state index contributed by atoms with van der Waals surface area (Å²) < 4.78 is 19.0. The molecule has 2 atom stereocenters. The Kier molecular flexibility index (Phi) is 7.09. The number of hydrogen-bond acceptors (Lipinski definition) is 5. The van der Waals surface area contributed by atoms with Gasteiger partial charge in [-0.05, 0) is 78.7 Å². The summed E-state index contributed by atoms with van der Waals surface area (Å²) in [6, 6.07) is 22.6. The van der Waals surface area contributed by atoms with Crippen molar-refractivity contribution < 1.29 is 14.2 Å². The maximum absolute atomic E-state index is 6.50. The molecule has 0 spiro atoms. The third kappa shape index (κ3) is 5.08. The highest BCUT2D eigenvalue weighted by atomic mass is 79.9. The zero-order valence-corrected chi connectivity index (χ0v) is 21.4. The van der Waals surface area contributed by atoms with Crippen LogP contribution in [0, 0.1) is 0 Å². The molecule has 0 aromatic heterocycles. The number of ether oxygens (including phenoxy) is 3. The molecule has 5 rings (SSSR count). The van der Waals surface area contributed by atoms with Crippen LogP contribution in [-0.4, -0.2) is 23.9 Å². The summed E-state index contributed by atoms with van der Waals surface area (Å²) in [6.07, 6.45) is 4.39. The average molecular weight is 533 g/mol. The maximum Gasteiger partial charge on any atom is 0.213 e. The minimum absolute atomic E-state index is 0.0911. The molecule has 2 aliphatic rings. The van der Waals surface area contributed by atoms with Gasteiger partial charge >= 0.3 is 0 Å². The van der Waals surface area contributed by atoms with Gasteiger partial charge in [-0.15, -0.1) is 0 Å². The molecule has 6 heteroatoms. The van der Waals surface area contributed by atoms with Crippen molar-refractivity contribution in [2.24, 2.45) is 5.10 Å². The molecule has 2 aliphatic heterocycles. The van der Waals surface area contributed by atoms with Crippen LogP contribution >= 0.6 is 15.9 Å². The lowest BCUT2D eigenvalue weighted by molar-refractivity contribution is -0.0191. The minimum atomic E-state index is -0.314. The quantitative estimate of drug-likeness (QED) is 0.212. The summed E-state index contributed by atoms with van der Waals surface area (Å²) in [4.78, 5) is 0. The summed E-state index contributed by atoms with van der Waals surface area (Å²) >= 11 is 3.62. The van der Waals surface area contributed by atoms with Gasteiger partial charge in [0.05, 0.1) is 18.4 Å². The Labute approximate surface area is 215 Å². The van der Waals surface area contributed by atoms with Crippen molar-refractivity contribution in [2.45, 2.75) is 38.5 Å². The first-order valence-corrected chi connectivity index (χ1v) is 12.8. The Morgan fingerprint density at radius 2 is 1.80 bits per heavy atom. The van der Waals surface area contributed by atoms with E-state index in [2.05, 4.69) is 64.8 Å². The van der Waals surface area contributed by atoms with Crippen LogP contribution in [0.5, 0.6) is 17.2 Å². The Morgan fingerprint density at radius 3 is 2.54 bits per heavy atom. The number of hydrazone groups is 1. The summed E-state index contributed by atoms with van der Waals surface area (Å²) in [5.74, 6) is 2.59. The lowest BCUT2D eigenvalue weighted by atomic mass is 9.96. The number of benzene rings is 3. The van der Waals surface area contributed by atoms with Gasteiger partial charge in [0.2, 0.25) is 6.23 Å². The standard InChI is InChI=1S/C29H29BrN2O3/c1-3-5-17-34-24-13-8-21(9-14-24)29-32-27(25-18-22(30)10-15-28(25)35-29)19-26(31-32)20-6-11-23(12-7-20)33-16-4-2/h4,6-15,18,27,29H,2-3,5,16-17,19H2,1H3/t27-,29-/m0/s1. The molecule has 0 bridgehead atoms. The first-order chi connectivity index (χ1) is 17.2. The van der Waals surface area contributed by atoms with Crippen molar-refractivity contribution >= 4 is 21.6 Å². The molecule has 0 saturated carbocycles. The molecule has 3 aromatic rings. The van der Waals surface area contributed by atoms with Crippen molar-refractivity contribution in [2.75, 3.05) is 13.2 Å². The highest BCUT2D eigenvalue weighted by Gasteiger charge is 2.41. The second kappa shape index (κ2) is 10.6. The zero-order valence-electron chi connectivity index (χ0n) is 19.8. The molecule has 0 saturated heterocycles. The molecule has 0 N–H and O–H groups in total. The van der Waals surface area contributed by atoms with Gasteiger partial charge in [-0.3, -0.25) is 0 Å². The van der Waals surface area contributed by atoms with E-state index in [-0.39, 0.29) is 12.3 Å². The Balaban J connectivity index is 1.44. The second-order valence-corrected chi connectivity index (χ2v) is 9.61. The van der Waals surface area contributed by atoms with E-state index in [1.807, 2.05) is 36.4 Å². The first-order valence-electron chi connectivity index (χ1n) is 12.0. The number of nitrogens with zero attached hydrogens (tertiary/aromatic N) is 2. The fraction of sp³-hybridized carbons (Fsp3) is 0.276. The van der Waals surface area contributed by atoms with Crippen molar-refractivity contribution in [1.29, 1.82) is 0 Å². The zero-order chi connectivity index (χ0) is 24.2. The van der Waals surface area contributed by atoms with E-state index in [1.54, 1.807) is 6.08 Å². The largest absolute Gasteiger partial charge is 0.494 e. The normalized spacial score (nSPS) is 18.2. The van der Waals surface area contributed by atoms with Crippen LogP contribution in [0.4, 0.5) is 0 Å². The molecule has 5 nitrogen and oxygen atoms in total. The topological polar surface area (TPSA) is 43.3 Å². The van der Waals surface area contributed by atoms with E-state index in [9.17, 15) is 0 Å².